The Morgan fingerprint density at radius 3 is 2.37 bits per heavy atom. The number of phenolic OH excluding ortho intramolecular Hbond substituents is 1. The van der Waals surface area contributed by atoms with Gasteiger partial charge in [0, 0.05) is 6.42 Å². The van der Waals surface area contributed by atoms with E-state index in [-0.39, 0.29) is 5.75 Å². The highest BCUT2D eigenvalue weighted by Crippen LogP contribution is 2.43. The molecule has 1 saturated carbocycles. The quantitative estimate of drug-likeness (QED) is 0.876. The van der Waals surface area contributed by atoms with Crippen LogP contribution >= 0.6 is 0 Å². The molecular formula is C17H18O2. The Kier molecular flexibility index (Phi) is 3.26. The lowest BCUT2D eigenvalue weighted by atomic mass is 9.95. The van der Waals surface area contributed by atoms with Crippen LogP contribution < -0.4 is 0 Å². The minimum atomic E-state index is -0.471. The number of phenols is 1. The van der Waals surface area contributed by atoms with Gasteiger partial charge in [-0.3, -0.25) is 0 Å². The maximum absolute atomic E-state index is 10.4. The van der Waals surface area contributed by atoms with Gasteiger partial charge in [-0.15, -0.1) is 0 Å². The molecule has 98 valence electrons. The van der Waals surface area contributed by atoms with Crippen molar-refractivity contribution in [3.63, 3.8) is 0 Å². The second-order valence-corrected chi connectivity index (χ2v) is 5.29. The second kappa shape index (κ2) is 5.06. The fourth-order valence-corrected chi connectivity index (χ4v) is 2.55. The topological polar surface area (TPSA) is 40.5 Å². The maximum Gasteiger partial charge on any atom is 0.115 e. The Morgan fingerprint density at radius 1 is 1.00 bits per heavy atom. The molecule has 1 atom stereocenters. The third-order valence-corrected chi connectivity index (χ3v) is 3.74. The van der Waals surface area contributed by atoms with Gasteiger partial charge in [-0.1, -0.05) is 36.4 Å². The van der Waals surface area contributed by atoms with Gasteiger partial charge in [0.05, 0.1) is 6.10 Å². The van der Waals surface area contributed by atoms with E-state index in [0.29, 0.717) is 12.3 Å². The number of rotatable bonds is 4. The molecule has 1 fully saturated rings. The van der Waals surface area contributed by atoms with Crippen LogP contribution in [-0.2, 0) is 6.42 Å². The fraction of sp³-hybridized carbons (Fsp3) is 0.294. The van der Waals surface area contributed by atoms with E-state index in [0.717, 1.165) is 11.1 Å². The third-order valence-electron chi connectivity index (χ3n) is 3.74. The number of aliphatic hydroxyl groups is 1. The molecule has 1 aliphatic carbocycles. The summed E-state index contributed by atoms with van der Waals surface area (Å²) in [4.78, 5) is 0. The minimum absolute atomic E-state index is 0.261. The largest absolute Gasteiger partial charge is 0.508 e. The molecule has 2 heteroatoms. The Morgan fingerprint density at radius 2 is 1.68 bits per heavy atom. The predicted molar refractivity (Wildman–Crippen MR) is 75.2 cm³/mol. The first-order valence-corrected chi connectivity index (χ1v) is 6.79. The van der Waals surface area contributed by atoms with E-state index < -0.39 is 6.10 Å². The van der Waals surface area contributed by atoms with Crippen molar-refractivity contribution < 1.29 is 10.2 Å². The van der Waals surface area contributed by atoms with Crippen molar-refractivity contribution in [3.8, 4) is 5.75 Å². The van der Waals surface area contributed by atoms with Gasteiger partial charge < -0.3 is 10.2 Å². The molecule has 0 spiro atoms. The smallest absolute Gasteiger partial charge is 0.115 e. The molecule has 0 bridgehead atoms. The van der Waals surface area contributed by atoms with Crippen LogP contribution in [0.15, 0.2) is 48.5 Å². The first kappa shape index (κ1) is 12.2. The van der Waals surface area contributed by atoms with Crippen LogP contribution in [0.3, 0.4) is 0 Å². The van der Waals surface area contributed by atoms with Crippen molar-refractivity contribution in [1.29, 1.82) is 0 Å². The standard InChI is InChI=1S/C17H18O2/c18-14-9-5-12(6-10-14)11-17(19)16-4-2-1-3-15(16)13-7-8-13/h1-6,9-10,13,17-19H,7-8,11H2. The zero-order valence-corrected chi connectivity index (χ0v) is 10.8. The van der Waals surface area contributed by atoms with Crippen molar-refractivity contribution in [2.75, 3.05) is 0 Å². The van der Waals surface area contributed by atoms with Gasteiger partial charge in [0.15, 0.2) is 0 Å². The summed E-state index contributed by atoms with van der Waals surface area (Å²) in [6.07, 6.45) is 2.59. The van der Waals surface area contributed by atoms with Crippen LogP contribution in [0.25, 0.3) is 0 Å². The van der Waals surface area contributed by atoms with E-state index in [2.05, 4.69) is 6.07 Å². The van der Waals surface area contributed by atoms with Crippen molar-refractivity contribution in [1.82, 2.24) is 0 Å². The summed E-state index contributed by atoms with van der Waals surface area (Å²) >= 11 is 0. The summed E-state index contributed by atoms with van der Waals surface area (Å²) in [5, 5.41) is 19.7. The van der Waals surface area contributed by atoms with Gasteiger partial charge >= 0.3 is 0 Å². The van der Waals surface area contributed by atoms with Crippen LogP contribution in [0.1, 0.15) is 41.6 Å². The first-order valence-electron chi connectivity index (χ1n) is 6.79. The zero-order chi connectivity index (χ0) is 13.2. The van der Waals surface area contributed by atoms with Crippen LogP contribution in [0.2, 0.25) is 0 Å². The molecule has 0 radical (unpaired) electrons. The summed E-state index contributed by atoms with van der Waals surface area (Å²) in [6, 6.07) is 15.2. The molecule has 1 unspecified atom stereocenters. The van der Waals surface area contributed by atoms with Crippen molar-refractivity contribution in [2.45, 2.75) is 31.3 Å². The summed E-state index contributed by atoms with van der Waals surface area (Å²) in [6.45, 7) is 0. The summed E-state index contributed by atoms with van der Waals surface area (Å²) in [5.41, 5.74) is 3.39. The highest BCUT2D eigenvalue weighted by molar-refractivity contribution is 5.36. The molecule has 2 aromatic carbocycles. The van der Waals surface area contributed by atoms with Crippen molar-refractivity contribution >= 4 is 0 Å². The molecule has 0 aromatic heterocycles. The molecule has 1 aliphatic rings. The molecule has 2 N–H and O–H groups in total. The lowest BCUT2D eigenvalue weighted by molar-refractivity contribution is 0.177. The van der Waals surface area contributed by atoms with Crippen molar-refractivity contribution in [3.05, 3.63) is 65.2 Å². The normalized spacial score (nSPS) is 16.3. The number of aliphatic hydroxyl groups excluding tert-OH is 1. The average molecular weight is 254 g/mol. The molecule has 2 nitrogen and oxygen atoms in total. The molecular weight excluding hydrogens is 236 g/mol. The maximum atomic E-state index is 10.4. The van der Waals surface area contributed by atoms with E-state index in [1.54, 1.807) is 12.1 Å². The second-order valence-electron chi connectivity index (χ2n) is 5.29. The lowest BCUT2D eigenvalue weighted by Gasteiger charge is -2.15. The lowest BCUT2D eigenvalue weighted by Crippen LogP contribution is -2.04. The van der Waals surface area contributed by atoms with Gasteiger partial charge in [0.25, 0.3) is 0 Å². The van der Waals surface area contributed by atoms with Gasteiger partial charge in [-0.2, -0.15) is 0 Å². The number of aromatic hydroxyl groups is 1. The van der Waals surface area contributed by atoms with Crippen LogP contribution in [0.5, 0.6) is 5.75 Å². The van der Waals surface area contributed by atoms with Crippen LogP contribution in [0, 0.1) is 0 Å². The molecule has 3 rings (SSSR count). The molecule has 0 heterocycles. The van der Waals surface area contributed by atoms with Gasteiger partial charge in [-0.05, 0) is 47.6 Å². The van der Waals surface area contributed by atoms with E-state index >= 15 is 0 Å². The van der Waals surface area contributed by atoms with E-state index in [1.807, 2.05) is 30.3 Å². The Balaban J connectivity index is 1.80. The predicted octanol–water partition coefficient (Wildman–Crippen LogP) is 3.55. The van der Waals surface area contributed by atoms with E-state index in [9.17, 15) is 10.2 Å². The number of benzene rings is 2. The molecule has 0 aliphatic heterocycles. The van der Waals surface area contributed by atoms with Crippen molar-refractivity contribution in [2.24, 2.45) is 0 Å². The summed E-state index contributed by atoms with van der Waals surface area (Å²) < 4.78 is 0. The highest BCUT2D eigenvalue weighted by Gasteiger charge is 2.27. The van der Waals surface area contributed by atoms with Crippen LogP contribution in [0.4, 0.5) is 0 Å². The van der Waals surface area contributed by atoms with Gasteiger partial charge in [-0.25, -0.2) is 0 Å². The molecule has 0 amide bonds. The fourth-order valence-electron chi connectivity index (χ4n) is 2.55. The van der Waals surface area contributed by atoms with E-state index in [4.69, 9.17) is 0 Å². The zero-order valence-electron chi connectivity index (χ0n) is 10.8. The van der Waals surface area contributed by atoms with Gasteiger partial charge in [0.1, 0.15) is 5.75 Å². The van der Waals surface area contributed by atoms with Crippen LogP contribution in [-0.4, -0.2) is 10.2 Å². The van der Waals surface area contributed by atoms with Gasteiger partial charge in [0.2, 0.25) is 0 Å². The molecule has 0 saturated heterocycles. The minimum Gasteiger partial charge on any atom is -0.508 e. The summed E-state index contributed by atoms with van der Waals surface area (Å²) in [5.74, 6) is 0.905. The Labute approximate surface area is 113 Å². The Hall–Kier alpha value is -1.80. The molecule has 19 heavy (non-hydrogen) atoms. The number of hydrogen-bond donors (Lipinski definition) is 2. The SMILES string of the molecule is Oc1ccc(CC(O)c2ccccc2C2CC2)cc1. The average Bonchev–Trinajstić information content (AvgIpc) is 3.26. The monoisotopic (exact) mass is 254 g/mol. The highest BCUT2D eigenvalue weighted by atomic mass is 16.3. The summed E-state index contributed by atoms with van der Waals surface area (Å²) in [7, 11) is 0. The number of hydrogen-bond acceptors (Lipinski definition) is 2. The van der Waals surface area contributed by atoms with E-state index in [1.165, 1.54) is 18.4 Å². The third kappa shape index (κ3) is 2.79. The molecule has 2 aromatic rings. The first-order chi connectivity index (χ1) is 9.24. The Bertz CT molecular complexity index is 556.